The van der Waals surface area contributed by atoms with E-state index in [0.29, 0.717) is 0 Å². The van der Waals surface area contributed by atoms with Crippen molar-refractivity contribution in [2.45, 2.75) is 0 Å². The topological polar surface area (TPSA) is 266 Å². The number of hydrogen-bond acceptors (Lipinski definition) is 5. The van der Waals surface area contributed by atoms with Crippen molar-refractivity contribution in [3.63, 3.8) is 0 Å². The van der Waals surface area contributed by atoms with E-state index in [4.69, 9.17) is 57.7 Å². The Kier molecular flexibility index (Phi) is 23.0. The second-order valence-electron chi connectivity index (χ2n) is 1.52. The molecule has 17 heteroatoms. The Morgan fingerprint density at radius 3 is 0.647 bits per heavy atom. The van der Waals surface area contributed by atoms with Gasteiger partial charge in [-0.25, -0.2) is 9.13 Å². The van der Waals surface area contributed by atoms with Crippen LogP contribution in [0.25, 0.3) is 0 Å². The molecular formula is H9CaO13P3. The van der Waals surface area contributed by atoms with Gasteiger partial charge in [0.1, 0.15) is 0 Å². The molecule has 0 aliphatic carbocycles. The van der Waals surface area contributed by atoms with Crippen molar-refractivity contribution in [1.29, 1.82) is 0 Å². The fourth-order valence-electron chi connectivity index (χ4n) is 0. The third-order valence-corrected chi connectivity index (χ3v) is 0. The molecule has 0 saturated heterocycles. The van der Waals surface area contributed by atoms with Gasteiger partial charge in [0, 0.05) is 0 Å². The first-order valence-electron chi connectivity index (χ1n) is 2.33. The van der Waals surface area contributed by atoms with Crippen LogP contribution in [-0.4, -0.2) is 82.4 Å². The molecule has 0 atom stereocenters. The van der Waals surface area contributed by atoms with Crippen LogP contribution in [0, 0.1) is 0 Å². The molecule has 0 aromatic heterocycles. The molecule has 13 nitrogen and oxygen atoms in total. The maximum atomic E-state index is 8.88. The summed E-state index contributed by atoms with van der Waals surface area (Å²) >= 11 is 0. The van der Waals surface area contributed by atoms with E-state index in [-0.39, 0.29) is 43.2 Å². The van der Waals surface area contributed by atoms with Crippen molar-refractivity contribution in [1.82, 2.24) is 0 Å². The van der Waals surface area contributed by atoms with Gasteiger partial charge in [-0.1, -0.05) is 0 Å². The van der Waals surface area contributed by atoms with Crippen LogP contribution >= 0.6 is 23.5 Å². The predicted octanol–water partition coefficient (Wildman–Crippen LogP) is -3.98. The molecule has 0 aliphatic rings. The summed E-state index contributed by atoms with van der Waals surface area (Å²) in [4.78, 5) is 66.0. The van der Waals surface area contributed by atoms with E-state index < -0.39 is 23.5 Å². The second kappa shape index (κ2) is 12.6. The quantitative estimate of drug-likeness (QED) is 0.153. The fraction of sp³-hybridized carbons (Fsp3) is 0. The van der Waals surface area contributed by atoms with Gasteiger partial charge in [-0.15, -0.1) is 0 Å². The molecule has 0 heterocycles. The fourth-order valence-corrected chi connectivity index (χ4v) is 0. The van der Waals surface area contributed by atoms with Gasteiger partial charge >= 0.3 is 53.4 Å². The standard InChI is InChI=1S/Ca.3H3O4P.H2O/c;3*1-5(2,3)4;/h;3*(H3,1,2,3,4);1H2/q+2;;;;/p-2. The largest absolute Gasteiger partial charge is 2.00 e. The summed E-state index contributed by atoms with van der Waals surface area (Å²) < 4.78 is 26.5. The molecule has 0 aromatic carbocycles. The smallest absolute Gasteiger partial charge is 0.870 e. The SMILES string of the molecule is O=P(O)(O)O.O=P(O)(O)O.O=P([O-])(O)O.[Ca+2].[OH-]. The van der Waals surface area contributed by atoms with E-state index in [2.05, 4.69) is 0 Å². The Morgan fingerprint density at radius 2 is 0.647 bits per heavy atom. The van der Waals surface area contributed by atoms with Crippen LogP contribution in [0.5, 0.6) is 0 Å². The summed E-state index contributed by atoms with van der Waals surface area (Å²) in [7, 11) is -14.2. The van der Waals surface area contributed by atoms with Crippen LogP contribution in [0.4, 0.5) is 0 Å². The van der Waals surface area contributed by atoms with E-state index in [9.17, 15) is 0 Å². The van der Waals surface area contributed by atoms with Crippen LogP contribution < -0.4 is 4.89 Å². The Balaban J connectivity index is -0.0000000400. The summed E-state index contributed by atoms with van der Waals surface area (Å²) in [5.74, 6) is 0. The molecule has 0 rings (SSSR count). The van der Waals surface area contributed by atoms with Gasteiger partial charge in [0.15, 0.2) is 0 Å². The summed E-state index contributed by atoms with van der Waals surface area (Å²) in [5, 5.41) is 0. The summed E-state index contributed by atoms with van der Waals surface area (Å²) in [6, 6.07) is 0. The molecule has 9 N–H and O–H groups in total. The van der Waals surface area contributed by atoms with Crippen LogP contribution in [0.3, 0.4) is 0 Å². The van der Waals surface area contributed by atoms with E-state index >= 15 is 0 Å². The zero-order valence-electron chi connectivity index (χ0n) is 7.71. The van der Waals surface area contributed by atoms with Gasteiger partial charge in [0.05, 0.1) is 0 Å². The van der Waals surface area contributed by atoms with Crippen molar-refractivity contribution < 1.29 is 63.2 Å². The van der Waals surface area contributed by atoms with E-state index in [1.807, 2.05) is 0 Å². The molecule has 0 radical (unpaired) electrons. The molecule has 0 amide bonds. The van der Waals surface area contributed by atoms with Crippen molar-refractivity contribution in [3.8, 4) is 0 Å². The van der Waals surface area contributed by atoms with E-state index in [1.165, 1.54) is 0 Å². The zero-order valence-corrected chi connectivity index (χ0v) is 12.6. The summed E-state index contributed by atoms with van der Waals surface area (Å²) in [6.45, 7) is 0. The Hall–Kier alpha value is 1.55. The van der Waals surface area contributed by atoms with Crippen molar-refractivity contribution in [2.75, 3.05) is 0 Å². The first-order chi connectivity index (χ1) is 6.00. The van der Waals surface area contributed by atoms with Gasteiger partial charge < -0.3 is 49.5 Å². The molecule has 0 saturated carbocycles. The van der Waals surface area contributed by atoms with Crippen LogP contribution in [0.1, 0.15) is 0 Å². The van der Waals surface area contributed by atoms with Crippen LogP contribution in [-0.2, 0) is 13.7 Å². The maximum Gasteiger partial charge on any atom is 2.00 e. The van der Waals surface area contributed by atoms with Crippen LogP contribution in [0.15, 0.2) is 0 Å². The number of hydrogen-bond donors (Lipinski definition) is 8. The molecule has 0 aliphatic heterocycles. The molecule has 0 unspecified atom stereocenters. The zero-order chi connectivity index (χ0) is 13.5. The maximum absolute atomic E-state index is 8.88. The van der Waals surface area contributed by atoms with E-state index in [0.717, 1.165) is 0 Å². The predicted molar refractivity (Wildman–Crippen MR) is 48.3 cm³/mol. The van der Waals surface area contributed by atoms with Crippen molar-refractivity contribution in [2.24, 2.45) is 0 Å². The minimum absolute atomic E-state index is 0. The Bertz CT molecular complexity index is 203. The van der Waals surface area contributed by atoms with Gasteiger partial charge in [-0.2, -0.15) is 0 Å². The molecule has 17 heavy (non-hydrogen) atoms. The molecule has 0 spiro atoms. The van der Waals surface area contributed by atoms with Gasteiger partial charge in [0.25, 0.3) is 7.82 Å². The molecule has 0 aromatic rings. The van der Waals surface area contributed by atoms with Crippen LogP contribution in [0.2, 0.25) is 0 Å². The Morgan fingerprint density at radius 1 is 0.647 bits per heavy atom. The minimum atomic E-state index is -4.89. The Labute approximate surface area is 124 Å². The third-order valence-electron chi connectivity index (χ3n) is 0. The normalized spacial score (nSPS) is 10.4. The monoisotopic (exact) mass is 350 g/mol. The summed E-state index contributed by atoms with van der Waals surface area (Å²) in [5.41, 5.74) is 0. The van der Waals surface area contributed by atoms with Gasteiger partial charge in [-0.3, -0.25) is 4.57 Å². The first kappa shape index (κ1) is 31.1. The van der Waals surface area contributed by atoms with Crippen molar-refractivity contribution in [3.05, 3.63) is 0 Å². The van der Waals surface area contributed by atoms with Crippen molar-refractivity contribution >= 4 is 61.2 Å². The molecule has 0 bridgehead atoms. The molecular weight excluding hydrogens is 341 g/mol. The number of phosphoric acid groups is 3. The molecule has 104 valence electrons. The second-order valence-corrected chi connectivity index (χ2v) is 4.55. The average molecular weight is 350 g/mol. The third kappa shape index (κ3) is 1770. The van der Waals surface area contributed by atoms with Gasteiger partial charge in [0.2, 0.25) is 0 Å². The number of rotatable bonds is 0. The van der Waals surface area contributed by atoms with E-state index in [1.54, 1.807) is 0 Å². The first-order valence-corrected chi connectivity index (χ1v) is 6.99. The summed E-state index contributed by atoms with van der Waals surface area (Å²) in [6.07, 6.45) is 0. The minimum Gasteiger partial charge on any atom is -0.870 e. The van der Waals surface area contributed by atoms with Gasteiger partial charge in [-0.05, 0) is 0 Å². The average Bonchev–Trinajstić information content (AvgIpc) is 1.41. The molecule has 0 fully saturated rings.